The van der Waals surface area contributed by atoms with Gasteiger partial charge >= 0.3 is 0 Å². The van der Waals surface area contributed by atoms with Crippen molar-refractivity contribution in [3.8, 4) is 0 Å². The van der Waals surface area contributed by atoms with Crippen LogP contribution in [0.3, 0.4) is 0 Å². The summed E-state index contributed by atoms with van der Waals surface area (Å²) >= 11 is 7.76. The van der Waals surface area contributed by atoms with Crippen LogP contribution in [0.2, 0.25) is 5.02 Å². The minimum atomic E-state index is 0.241. The molecule has 1 saturated carbocycles. The first-order chi connectivity index (χ1) is 5.28. The molecule has 0 amide bonds. The summed E-state index contributed by atoms with van der Waals surface area (Å²) in [6, 6.07) is 1.97. The van der Waals surface area contributed by atoms with Gasteiger partial charge in [-0.3, -0.25) is 0 Å². The van der Waals surface area contributed by atoms with E-state index in [2.05, 4.69) is 10.7 Å². The van der Waals surface area contributed by atoms with Gasteiger partial charge in [-0.15, -0.1) is 11.3 Å². The molecule has 0 spiro atoms. The van der Waals surface area contributed by atoms with Crippen molar-refractivity contribution >= 4 is 22.9 Å². The molecular formula is C8H10ClNS. The summed E-state index contributed by atoms with van der Waals surface area (Å²) in [5.74, 6) is 0. The first-order valence-electron chi connectivity index (χ1n) is 3.71. The summed E-state index contributed by atoms with van der Waals surface area (Å²) in [6.07, 6.45) is 2.45. The molecule has 0 aromatic carbocycles. The quantitative estimate of drug-likeness (QED) is 0.751. The van der Waals surface area contributed by atoms with Crippen molar-refractivity contribution in [2.24, 2.45) is 0 Å². The predicted molar refractivity (Wildman–Crippen MR) is 49.3 cm³/mol. The molecule has 60 valence electrons. The van der Waals surface area contributed by atoms with Crippen molar-refractivity contribution in [2.75, 3.05) is 7.05 Å². The van der Waals surface area contributed by atoms with Gasteiger partial charge in [-0.25, -0.2) is 0 Å². The van der Waals surface area contributed by atoms with Crippen LogP contribution in [-0.2, 0) is 5.54 Å². The zero-order chi connectivity index (χ0) is 7.90. The van der Waals surface area contributed by atoms with Crippen molar-refractivity contribution < 1.29 is 0 Å². The number of nitrogens with one attached hydrogen (secondary N) is 1. The minimum Gasteiger partial charge on any atom is -0.310 e. The summed E-state index contributed by atoms with van der Waals surface area (Å²) in [7, 11) is 2.00. The summed E-state index contributed by atoms with van der Waals surface area (Å²) in [5.41, 5.74) is 0.241. The lowest BCUT2D eigenvalue weighted by atomic mass is 10.2. The second kappa shape index (κ2) is 2.47. The molecular weight excluding hydrogens is 178 g/mol. The molecule has 0 unspecified atom stereocenters. The summed E-state index contributed by atoms with van der Waals surface area (Å²) in [6.45, 7) is 0. The molecule has 1 heterocycles. The van der Waals surface area contributed by atoms with Gasteiger partial charge in [0, 0.05) is 4.88 Å². The van der Waals surface area contributed by atoms with Crippen LogP contribution in [0.1, 0.15) is 17.7 Å². The number of thiophene rings is 1. The first kappa shape index (κ1) is 7.59. The average molecular weight is 188 g/mol. The maximum Gasteiger partial charge on any atom is 0.0564 e. The fourth-order valence-electron chi connectivity index (χ4n) is 1.35. The molecule has 1 nitrogen and oxygen atoms in total. The predicted octanol–water partition coefficient (Wildman–Crippen LogP) is 2.61. The van der Waals surface area contributed by atoms with Gasteiger partial charge in [-0.1, -0.05) is 11.6 Å². The second-order valence-corrected chi connectivity index (χ2v) is 4.25. The van der Waals surface area contributed by atoms with E-state index in [0.717, 1.165) is 5.02 Å². The molecule has 0 bridgehead atoms. The van der Waals surface area contributed by atoms with E-state index in [1.807, 2.05) is 13.1 Å². The molecule has 1 aromatic heterocycles. The van der Waals surface area contributed by atoms with E-state index >= 15 is 0 Å². The number of rotatable bonds is 2. The van der Waals surface area contributed by atoms with E-state index in [1.54, 1.807) is 11.3 Å². The Bertz CT molecular complexity index is 265. The van der Waals surface area contributed by atoms with Crippen molar-refractivity contribution in [3.05, 3.63) is 21.3 Å². The standard InChI is InChI=1S/C8H10ClNS/c1-10-8(3-4-8)7-6(9)2-5-11-7/h2,5,10H,3-4H2,1H3. The number of halogens is 1. The Balaban J connectivity index is 2.35. The highest BCUT2D eigenvalue weighted by atomic mass is 35.5. The lowest BCUT2D eigenvalue weighted by molar-refractivity contribution is 0.597. The third-order valence-electron chi connectivity index (χ3n) is 2.28. The average Bonchev–Trinajstić information content (AvgIpc) is 2.70. The van der Waals surface area contributed by atoms with Gasteiger partial charge in [0.25, 0.3) is 0 Å². The third kappa shape index (κ3) is 1.10. The highest BCUT2D eigenvalue weighted by Gasteiger charge is 2.44. The van der Waals surface area contributed by atoms with Gasteiger partial charge in [0.2, 0.25) is 0 Å². The molecule has 1 aromatic rings. The topological polar surface area (TPSA) is 12.0 Å². The fourth-order valence-corrected chi connectivity index (χ4v) is 2.86. The van der Waals surface area contributed by atoms with Crippen molar-refractivity contribution in [1.29, 1.82) is 0 Å². The van der Waals surface area contributed by atoms with Crippen LogP contribution in [0.5, 0.6) is 0 Å². The molecule has 1 aliphatic carbocycles. The third-order valence-corrected chi connectivity index (χ3v) is 3.83. The van der Waals surface area contributed by atoms with Gasteiger partial charge in [-0.05, 0) is 31.3 Å². The van der Waals surface area contributed by atoms with E-state index in [1.165, 1.54) is 17.7 Å². The molecule has 3 heteroatoms. The van der Waals surface area contributed by atoms with Crippen LogP contribution in [0, 0.1) is 0 Å². The highest BCUT2D eigenvalue weighted by molar-refractivity contribution is 7.10. The van der Waals surface area contributed by atoms with Crippen LogP contribution >= 0.6 is 22.9 Å². The second-order valence-electron chi connectivity index (χ2n) is 2.93. The van der Waals surface area contributed by atoms with Gasteiger partial charge < -0.3 is 5.32 Å². The maximum absolute atomic E-state index is 6.01. The maximum atomic E-state index is 6.01. The number of hydrogen-bond acceptors (Lipinski definition) is 2. The van der Waals surface area contributed by atoms with Gasteiger partial charge in [0.1, 0.15) is 0 Å². The van der Waals surface area contributed by atoms with E-state index in [9.17, 15) is 0 Å². The van der Waals surface area contributed by atoms with E-state index in [-0.39, 0.29) is 5.54 Å². The van der Waals surface area contributed by atoms with Crippen molar-refractivity contribution in [3.63, 3.8) is 0 Å². The fraction of sp³-hybridized carbons (Fsp3) is 0.500. The molecule has 0 atom stereocenters. The SMILES string of the molecule is CNC1(c2sccc2Cl)CC1. The Hall–Kier alpha value is -0.0500. The van der Waals surface area contributed by atoms with E-state index in [0.29, 0.717) is 0 Å². The molecule has 1 aliphatic rings. The first-order valence-corrected chi connectivity index (χ1v) is 4.97. The zero-order valence-corrected chi connectivity index (χ0v) is 7.93. The molecule has 1 N–H and O–H groups in total. The summed E-state index contributed by atoms with van der Waals surface area (Å²) in [4.78, 5) is 1.31. The normalized spacial score (nSPS) is 20.2. The molecule has 0 saturated heterocycles. The Morgan fingerprint density at radius 2 is 2.36 bits per heavy atom. The summed E-state index contributed by atoms with van der Waals surface area (Å²) < 4.78 is 0. The zero-order valence-electron chi connectivity index (χ0n) is 6.36. The highest BCUT2D eigenvalue weighted by Crippen LogP contribution is 2.49. The Labute approximate surface area is 75.4 Å². The van der Waals surface area contributed by atoms with Crippen molar-refractivity contribution in [2.45, 2.75) is 18.4 Å². The minimum absolute atomic E-state index is 0.241. The Kier molecular flexibility index (Phi) is 1.71. The van der Waals surface area contributed by atoms with Crippen LogP contribution in [0.15, 0.2) is 11.4 Å². The smallest absolute Gasteiger partial charge is 0.0564 e. The number of hydrogen-bond donors (Lipinski definition) is 1. The lowest BCUT2D eigenvalue weighted by Crippen LogP contribution is -2.23. The van der Waals surface area contributed by atoms with Crippen LogP contribution in [0.25, 0.3) is 0 Å². The Morgan fingerprint density at radius 3 is 2.73 bits per heavy atom. The summed E-state index contributed by atoms with van der Waals surface area (Å²) in [5, 5.41) is 6.29. The molecule has 0 radical (unpaired) electrons. The molecule has 11 heavy (non-hydrogen) atoms. The van der Waals surface area contributed by atoms with Crippen LogP contribution in [-0.4, -0.2) is 7.05 Å². The van der Waals surface area contributed by atoms with Gasteiger partial charge in [0.15, 0.2) is 0 Å². The van der Waals surface area contributed by atoms with E-state index in [4.69, 9.17) is 11.6 Å². The van der Waals surface area contributed by atoms with Crippen LogP contribution < -0.4 is 5.32 Å². The monoisotopic (exact) mass is 187 g/mol. The molecule has 0 aliphatic heterocycles. The molecule has 2 rings (SSSR count). The van der Waals surface area contributed by atoms with Gasteiger partial charge in [0.05, 0.1) is 10.6 Å². The van der Waals surface area contributed by atoms with E-state index < -0.39 is 0 Å². The van der Waals surface area contributed by atoms with Gasteiger partial charge in [-0.2, -0.15) is 0 Å². The lowest BCUT2D eigenvalue weighted by Gasteiger charge is -2.11. The van der Waals surface area contributed by atoms with Crippen LogP contribution in [0.4, 0.5) is 0 Å². The Morgan fingerprint density at radius 1 is 1.64 bits per heavy atom. The largest absolute Gasteiger partial charge is 0.310 e. The van der Waals surface area contributed by atoms with Crippen molar-refractivity contribution in [1.82, 2.24) is 5.32 Å². The molecule has 1 fully saturated rings.